The molecule has 0 spiro atoms. The second-order valence-electron chi connectivity index (χ2n) is 10.2. The minimum absolute atomic E-state index is 0.0563. The van der Waals surface area contributed by atoms with Gasteiger partial charge in [0, 0.05) is 0 Å². The number of aliphatic hydroxyl groups is 2. The van der Waals surface area contributed by atoms with E-state index in [1.807, 2.05) is 13.8 Å². The second-order valence-corrected chi connectivity index (χ2v) is 10.2. The third-order valence-corrected chi connectivity index (χ3v) is 8.97. The molecule has 2 N–H and O–H groups in total. The average molecular weight is 339 g/mol. The average Bonchev–Trinajstić information content (AvgIpc) is 2.85. The fraction of sp³-hybridized carbons (Fsp3) is 1.00. The molecule has 2 nitrogen and oxygen atoms in total. The molecule has 0 radical (unpaired) electrons. The molecule has 4 saturated carbocycles. The van der Waals surface area contributed by atoms with Gasteiger partial charge in [-0.1, -0.05) is 6.92 Å². The number of aliphatic hydroxyl groups excluding tert-OH is 1. The van der Waals surface area contributed by atoms with Crippen LogP contribution in [-0.4, -0.2) is 27.6 Å². The van der Waals surface area contributed by atoms with E-state index in [1.54, 1.807) is 0 Å². The van der Waals surface area contributed by atoms with E-state index in [-0.39, 0.29) is 23.4 Å². The molecular formula is C21H35FO2. The first-order chi connectivity index (χ1) is 11.2. The van der Waals surface area contributed by atoms with E-state index in [2.05, 4.69) is 6.92 Å². The molecule has 0 heterocycles. The van der Waals surface area contributed by atoms with Gasteiger partial charge in [0.2, 0.25) is 0 Å². The maximum Gasteiger partial charge on any atom is 0.117 e. The van der Waals surface area contributed by atoms with E-state index in [0.29, 0.717) is 37.0 Å². The van der Waals surface area contributed by atoms with Crippen LogP contribution in [0.2, 0.25) is 0 Å². The molecule has 0 aromatic rings. The zero-order chi connectivity index (χ0) is 17.3. The van der Waals surface area contributed by atoms with E-state index < -0.39 is 11.3 Å². The number of halogens is 1. The summed E-state index contributed by atoms with van der Waals surface area (Å²) >= 11 is 0. The second kappa shape index (κ2) is 5.42. The van der Waals surface area contributed by atoms with Crippen molar-refractivity contribution in [2.24, 2.45) is 35.0 Å². The van der Waals surface area contributed by atoms with Crippen molar-refractivity contribution < 1.29 is 14.6 Å². The summed E-state index contributed by atoms with van der Waals surface area (Å²) in [6, 6.07) is 0. The summed E-state index contributed by atoms with van der Waals surface area (Å²) in [5, 5.41) is 20.7. The van der Waals surface area contributed by atoms with E-state index in [9.17, 15) is 10.2 Å². The van der Waals surface area contributed by atoms with Crippen LogP contribution >= 0.6 is 0 Å². The number of hydrogen-bond acceptors (Lipinski definition) is 2. The number of rotatable bonds is 1. The topological polar surface area (TPSA) is 40.5 Å². The third kappa shape index (κ3) is 2.33. The summed E-state index contributed by atoms with van der Waals surface area (Å²) in [5.41, 5.74) is -1.50. The Balaban J connectivity index is 1.60. The summed E-state index contributed by atoms with van der Waals surface area (Å²) in [7, 11) is 0. The molecule has 4 aliphatic rings. The molecule has 3 heteroatoms. The standard InChI is InChI=1S/C21H35FO2/c1-13(23)16-6-7-17-15-5-4-14-12-19(2,24)10-11-21(14,22)18(15)8-9-20(16,17)3/h13-18,23-24H,4-12H2,1-3H3/t13?,14-,15+,16?,17+,18?,19-,20-,21-/m1/s1. The first-order valence-corrected chi connectivity index (χ1v) is 10.3. The van der Waals surface area contributed by atoms with Gasteiger partial charge in [-0.2, -0.15) is 0 Å². The zero-order valence-electron chi connectivity index (χ0n) is 15.6. The maximum absolute atomic E-state index is 16.2. The highest BCUT2D eigenvalue weighted by Crippen LogP contribution is 2.66. The van der Waals surface area contributed by atoms with Crippen molar-refractivity contribution in [2.75, 3.05) is 0 Å². The van der Waals surface area contributed by atoms with Crippen molar-refractivity contribution in [2.45, 2.75) is 95.9 Å². The number of fused-ring (bicyclic) bond motifs is 5. The van der Waals surface area contributed by atoms with Gasteiger partial charge in [-0.25, -0.2) is 4.39 Å². The van der Waals surface area contributed by atoms with Gasteiger partial charge in [-0.05, 0) is 107 Å². The lowest BCUT2D eigenvalue weighted by molar-refractivity contribution is -0.166. The Kier molecular flexibility index (Phi) is 3.90. The van der Waals surface area contributed by atoms with Crippen LogP contribution in [0.4, 0.5) is 4.39 Å². The van der Waals surface area contributed by atoms with Crippen LogP contribution in [0.1, 0.15) is 78.6 Å². The lowest BCUT2D eigenvalue weighted by atomic mass is 9.47. The Labute approximate surface area is 146 Å². The molecule has 24 heavy (non-hydrogen) atoms. The Morgan fingerprint density at radius 2 is 1.71 bits per heavy atom. The van der Waals surface area contributed by atoms with Crippen LogP contribution in [0.25, 0.3) is 0 Å². The summed E-state index contributed by atoms with van der Waals surface area (Å²) in [4.78, 5) is 0. The van der Waals surface area contributed by atoms with E-state index in [0.717, 1.165) is 32.1 Å². The lowest BCUT2D eigenvalue weighted by Gasteiger charge is -2.59. The molecule has 4 fully saturated rings. The molecule has 4 rings (SSSR count). The summed E-state index contributed by atoms with van der Waals surface area (Å²) in [6.07, 6.45) is 7.98. The fourth-order valence-electron chi connectivity index (χ4n) is 7.81. The maximum atomic E-state index is 16.2. The van der Waals surface area contributed by atoms with Gasteiger partial charge in [0.05, 0.1) is 11.7 Å². The van der Waals surface area contributed by atoms with Gasteiger partial charge in [-0.3, -0.25) is 0 Å². The molecule has 0 aromatic heterocycles. The van der Waals surface area contributed by atoms with Crippen molar-refractivity contribution in [3.63, 3.8) is 0 Å². The summed E-state index contributed by atoms with van der Waals surface area (Å²) in [6.45, 7) is 6.21. The monoisotopic (exact) mass is 338 g/mol. The summed E-state index contributed by atoms with van der Waals surface area (Å²) in [5.74, 6) is 1.73. The quantitative estimate of drug-likeness (QED) is 0.740. The van der Waals surface area contributed by atoms with Gasteiger partial charge in [-0.15, -0.1) is 0 Å². The highest BCUT2D eigenvalue weighted by molar-refractivity contribution is 5.12. The van der Waals surface area contributed by atoms with Gasteiger partial charge < -0.3 is 10.2 Å². The SMILES string of the molecule is CC(O)C1CC[C@H]2[C@@H]3CC[C@@H]4C[C@](C)(O)CC[C@]4(F)C3CC[C@]12C. The molecule has 0 bridgehead atoms. The van der Waals surface area contributed by atoms with Gasteiger partial charge >= 0.3 is 0 Å². The zero-order valence-corrected chi connectivity index (χ0v) is 15.6. The summed E-state index contributed by atoms with van der Waals surface area (Å²) < 4.78 is 16.2. The van der Waals surface area contributed by atoms with E-state index in [1.165, 1.54) is 6.42 Å². The van der Waals surface area contributed by atoms with Crippen molar-refractivity contribution in [1.29, 1.82) is 0 Å². The van der Waals surface area contributed by atoms with Crippen LogP contribution in [0.3, 0.4) is 0 Å². The molecule has 3 unspecified atom stereocenters. The number of alkyl halides is 1. The van der Waals surface area contributed by atoms with Crippen LogP contribution in [-0.2, 0) is 0 Å². The van der Waals surface area contributed by atoms with Crippen molar-refractivity contribution in [3.05, 3.63) is 0 Å². The lowest BCUT2D eigenvalue weighted by Crippen LogP contribution is -2.58. The molecule has 4 aliphatic carbocycles. The van der Waals surface area contributed by atoms with E-state index in [4.69, 9.17) is 0 Å². The first kappa shape index (κ1) is 17.3. The highest BCUT2D eigenvalue weighted by atomic mass is 19.1. The van der Waals surface area contributed by atoms with Crippen LogP contribution in [0, 0.1) is 35.0 Å². The fourth-order valence-corrected chi connectivity index (χ4v) is 7.81. The molecule has 0 amide bonds. The molecule has 9 atom stereocenters. The van der Waals surface area contributed by atoms with Crippen LogP contribution < -0.4 is 0 Å². The van der Waals surface area contributed by atoms with E-state index >= 15 is 4.39 Å². The van der Waals surface area contributed by atoms with Gasteiger partial charge in [0.15, 0.2) is 0 Å². The third-order valence-electron chi connectivity index (χ3n) is 8.97. The van der Waals surface area contributed by atoms with Crippen molar-refractivity contribution >= 4 is 0 Å². The van der Waals surface area contributed by atoms with Crippen LogP contribution in [0.5, 0.6) is 0 Å². The first-order valence-electron chi connectivity index (χ1n) is 10.3. The molecule has 138 valence electrons. The Bertz CT molecular complexity index is 504. The minimum atomic E-state index is -1.05. The molecule has 0 saturated heterocycles. The predicted molar refractivity (Wildman–Crippen MR) is 93.3 cm³/mol. The minimum Gasteiger partial charge on any atom is -0.393 e. The van der Waals surface area contributed by atoms with Gasteiger partial charge in [0.1, 0.15) is 5.67 Å². The van der Waals surface area contributed by atoms with Crippen molar-refractivity contribution in [1.82, 2.24) is 0 Å². The molecule has 0 aliphatic heterocycles. The van der Waals surface area contributed by atoms with Crippen molar-refractivity contribution in [3.8, 4) is 0 Å². The highest BCUT2D eigenvalue weighted by Gasteiger charge is 2.63. The Hall–Kier alpha value is -0.150. The normalized spacial score (nSPS) is 58.5. The Morgan fingerprint density at radius 3 is 2.42 bits per heavy atom. The largest absolute Gasteiger partial charge is 0.393 e. The molecular weight excluding hydrogens is 303 g/mol. The number of hydrogen-bond donors (Lipinski definition) is 2. The van der Waals surface area contributed by atoms with Crippen LogP contribution in [0.15, 0.2) is 0 Å². The Morgan fingerprint density at radius 1 is 0.958 bits per heavy atom. The molecule has 0 aromatic carbocycles. The smallest absolute Gasteiger partial charge is 0.117 e. The van der Waals surface area contributed by atoms with Gasteiger partial charge in [0.25, 0.3) is 0 Å². The predicted octanol–water partition coefficient (Wildman–Crippen LogP) is 4.48.